The van der Waals surface area contributed by atoms with Gasteiger partial charge in [-0.25, -0.2) is 19.9 Å². The van der Waals surface area contributed by atoms with Crippen LogP contribution >= 0.6 is 15.9 Å². The number of rotatable bonds is 2. The van der Waals surface area contributed by atoms with Gasteiger partial charge in [0.25, 0.3) is 0 Å². The van der Waals surface area contributed by atoms with Gasteiger partial charge in [0.2, 0.25) is 0 Å². The molecule has 0 saturated carbocycles. The fourth-order valence-electron chi connectivity index (χ4n) is 2.54. The van der Waals surface area contributed by atoms with Gasteiger partial charge in [-0.15, -0.1) is 0 Å². The second-order valence-electron chi connectivity index (χ2n) is 5.06. The maximum atomic E-state index is 4.43. The Morgan fingerprint density at radius 2 is 2.00 bits per heavy atom. The second-order valence-corrected chi connectivity index (χ2v) is 5.98. The molecule has 1 aliphatic rings. The molecule has 1 unspecified atom stereocenters. The normalized spacial score (nSPS) is 19.1. The molecule has 0 radical (unpaired) electrons. The van der Waals surface area contributed by atoms with Crippen LogP contribution in [-0.2, 0) is 0 Å². The zero-order chi connectivity index (χ0) is 13.9. The van der Waals surface area contributed by atoms with E-state index < -0.39 is 0 Å². The van der Waals surface area contributed by atoms with Gasteiger partial charge in [-0.3, -0.25) is 0 Å². The predicted octanol–water partition coefficient (Wildman–Crippen LogP) is 2.72. The Hall–Kier alpha value is -1.56. The third kappa shape index (κ3) is 2.95. The third-order valence-electron chi connectivity index (χ3n) is 3.54. The molecule has 1 aliphatic heterocycles. The van der Waals surface area contributed by atoms with Crippen molar-refractivity contribution >= 4 is 21.7 Å². The van der Waals surface area contributed by atoms with Gasteiger partial charge in [0.15, 0.2) is 0 Å². The van der Waals surface area contributed by atoms with Gasteiger partial charge in [0, 0.05) is 43.2 Å². The minimum atomic E-state index is 0.368. The van der Waals surface area contributed by atoms with Crippen molar-refractivity contribution in [1.29, 1.82) is 0 Å². The van der Waals surface area contributed by atoms with E-state index in [9.17, 15) is 0 Å². The number of hydrogen-bond acceptors (Lipinski definition) is 5. The number of nitrogens with zero attached hydrogens (tertiary/aromatic N) is 5. The topological polar surface area (TPSA) is 54.8 Å². The fourth-order valence-corrected chi connectivity index (χ4v) is 2.75. The number of halogens is 1. The summed E-state index contributed by atoms with van der Waals surface area (Å²) in [6, 6.07) is 2.03. The van der Waals surface area contributed by atoms with Gasteiger partial charge in [-0.1, -0.05) is 0 Å². The molecule has 0 aliphatic carbocycles. The molecule has 1 saturated heterocycles. The lowest BCUT2D eigenvalue weighted by Crippen LogP contribution is -2.35. The van der Waals surface area contributed by atoms with Crippen molar-refractivity contribution in [2.24, 2.45) is 0 Å². The molecular formula is C14H16BrN5. The van der Waals surface area contributed by atoms with Gasteiger partial charge in [-0.05, 0) is 35.7 Å². The number of anilines is 1. The van der Waals surface area contributed by atoms with Crippen LogP contribution in [0, 0.1) is 6.92 Å². The van der Waals surface area contributed by atoms with Crippen molar-refractivity contribution in [2.75, 3.05) is 18.0 Å². The van der Waals surface area contributed by atoms with Crippen molar-refractivity contribution < 1.29 is 0 Å². The molecular weight excluding hydrogens is 318 g/mol. The highest BCUT2D eigenvalue weighted by Crippen LogP contribution is 2.27. The first-order chi connectivity index (χ1) is 9.72. The summed E-state index contributed by atoms with van der Waals surface area (Å²) in [4.78, 5) is 19.7. The zero-order valence-electron chi connectivity index (χ0n) is 11.3. The Kier molecular flexibility index (Phi) is 3.91. The van der Waals surface area contributed by atoms with Crippen LogP contribution in [-0.4, -0.2) is 33.0 Å². The van der Waals surface area contributed by atoms with Crippen molar-refractivity contribution in [3.8, 4) is 0 Å². The Labute approximate surface area is 126 Å². The van der Waals surface area contributed by atoms with Crippen molar-refractivity contribution in [2.45, 2.75) is 25.7 Å². The Morgan fingerprint density at radius 1 is 1.20 bits per heavy atom. The fraction of sp³-hybridized carbons (Fsp3) is 0.429. The number of hydrogen-bond donors (Lipinski definition) is 0. The maximum Gasteiger partial charge on any atom is 0.133 e. The van der Waals surface area contributed by atoms with Crippen molar-refractivity contribution in [1.82, 2.24) is 19.9 Å². The van der Waals surface area contributed by atoms with Gasteiger partial charge < -0.3 is 4.90 Å². The first-order valence-corrected chi connectivity index (χ1v) is 7.53. The number of aromatic nitrogens is 4. The van der Waals surface area contributed by atoms with Crippen molar-refractivity contribution in [3.05, 3.63) is 40.8 Å². The monoisotopic (exact) mass is 333 g/mol. The molecule has 1 fully saturated rings. The summed E-state index contributed by atoms with van der Waals surface area (Å²) in [5, 5.41) is 0. The van der Waals surface area contributed by atoms with E-state index in [0.29, 0.717) is 5.92 Å². The quantitative estimate of drug-likeness (QED) is 0.845. The van der Waals surface area contributed by atoms with Crippen LogP contribution in [0.2, 0.25) is 0 Å². The molecule has 20 heavy (non-hydrogen) atoms. The molecule has 2 aromatic rings. The summed E-state index contributed by atoms with van der Waals surface area (Å²) in [6.45, 7) is 3.94. The average Bonchev–Trinajstić information content (AvgIpc) is 2.48. The second kappa shape index (κ2) is 5.83. The minimum absolute atomic E-state index is 0.368. The molecule has 0 N–H and O–H groups in total. The van der Waals surface area contributed by atoms with Gasteiger partial charge in [-0.2, -0.15) is 0 Å². The van der Waals surface area contributed by atoms with E-state index >= 15 is 0 Å². The summed E-state index contributed by atoms with van der Waals surface area (Å²) in [7, 11) is 0. The van der Waals surface area contributed by atoms with Gasteiger partial charge in [0.05, 0.1) is 4.47 Å². The number of piperidine rings is 1. The Bertz CT molecular complexity index is 586. The van der Waals surface area contributed by atoms with Crippen LogP contribution in [0.1, 0.15) is 30.3 Å². The highest BCUT2D eigenvalue weighted by atomic mass is 79.9. The van der Waals surface area contributed by atoms with Crippen LogP contribution in [0.5, 0.6) is 0 Å². The first-order valence-electron chi connectivity index (χ1n) is 6.73. The lowest BCUT2D eigenvalue weighted by atomic mass is 9.97. The van der Waals surface area contributed by atoms with Crippen LogP contribution in [0.25, 0.3) is 0 Å². The average molecular weight is 334 g/mol. The molecule has 0 amide bonds. The van der Waals surface area contributed by atoms with E-state index in [0.717, 1.165) is 47.7 Å². The molecule has 0 spiro atoms. The number of aryl methyl sites for hydroxylation is 1. The molecule has 5 nitrogen and oxygen atoms in total. The molecule has 2 aromatic heterocycles. The molecule has 6 heteroatoms. The van der Waals surface area contributed by atoms with Gasteiger partial charge in [0.1, 0.15) is 18.0 Å². The summed E-state index contributed by atoms with van der Waals surface area (Å²) >= 11 is 3.37. The van der Waals surface area contributed by atoms with Crippen LogP contribution < -0.4 is 4.90 Å². The van der Waals surface area contributed by atoms with E-state index in [2.05, 4.69) is 40.8 Å². The van der Waals surface area contributed by atoms with E-state index in [1.807, 2.05) is 25.4 Å². The van der Waals surface area contributed by atoms with Crippen LogP contribution in [0.15, 0.2) is 29.3 Å². The molecule has 3 rings (SSSR count). The van der Waals surface area contributed by atoms with Gasteiger partial charge >= 0.3 is 0 Å². The predicted molar refractivity (Wildman–Crippen MR) is 80.7 cm³/mol. The Balaban J connectivity index is 1.78. The SMILES string of the molecule is Cc1cc(N2CCCC(c3ncc(Br)cn3)C2)ncn1. The standard InChI is InChI=1S/C14H16BrN5/c1-10-5-13(19-9-18-10)20-4-2-3-11(8-20)14-16-6-12(15)7-17-14/h5-7,9,11H,2-4,8H2,1H3. The zero-order valence-corrected chi connectivity index (χ0v) is 12.9. The largest absolute Gasteiger partial charge is 0.356 e. The van der Waals surface area contributed by atoms with E-state index in [-0.39, 0.29) is 0 Å². The molecule has 104 valence electrons. The summed E-state index contributed by atoms with van der Waals surface area (Å²) in [5.41, 5.74) is 0.997. The summed E-state index contributed by atoms with van der Waals surface area (Å²) in [5.74, 6) is 2.29. The Morgan fingerprint density at radius 3 is 2.75 bits per heavy atom. The molecule has 0 aromatic carbocycles. The third-order valence-corrected chi connectivity index (χ3v) is 3.95. The summed E-state index contributed by atoms with van der Waals surface area (Å²) < 4.78 is 0.917. The van der Waals surface area contributed by atoms with Crippen LogP contribution in [0.4, 0.5) is 5.82 Å². The van der Waals surface area contributed by atoms with Crippen LogP contribution in [0.3, 0.4) is 0 Å². The van der Waals surface area contributed by atoms with E-state index in [1.54, 1.807) is 6.33 Å². The molecule has 0 bridgehead atoms. The molecule has 1 atom stereocenters. The van der Waals surface area contributed by atoms with E-state index in [1.165, 1.54) is 0 Å². The summed E-state index contributed by atoms with van der Waals surface area (Å²) in [6.07, 6.45) is 7.52. The van der Waals surface area contributed by atoms with Crippen molar-refractivity contribution in [3.63, 3.8) is 0 Å². The smallest absolute Gasteiger partial charge is 0.133 e. The lowest BCUT2D eigenvalue weighted by Gasteiger charge is -2.32. The highest BCUT2D eigenvalue weighted by Gasteiger charge is 2.24. The first kappa shape index (κ1) is 13.4. The highest BCUT2D eigenvalue weighted by molar-refractivity contribution is 9.10. The van der Waals surface area contributed by atoms with E-state index in [4.69, 9.17) is 0 Å². The minimum Gasteiger partial charge on any atom is -0.356 e. The maximum absolute atomic E-state index is 4.43. The lowest BCUT2D eigenvalue weighted by molar-refractivity contribution is 0.488. The molecule has 3 heterocycles.